The fraction of sp³-hybridized carbons (Fsp3) is 0.353. The van der Waals surface area contributed by atoms with Gasteiger partial charge in [-0.05, 0) is 38.7 Å². The van der Waals surface area contributed by atoms with Crippen LogP contribution in [0, 0.1) is 0 Å². The van der Waals surface area contributed by atoms with Gasteiger partial charge in [0.2, 0.25) is 8.32 Å². The Balaban J connectivity index is 3.22. The Kier molecular flexibility index (Phi) is 6.43. The molecule has 0 amide bonds. The highest BCUT2D eigenvalue weighted by atomic mass is 28.4. The lowest BCUT2D eigenvalue weighted by atomic mass is 10.1. The molecule has 0 heterocycles. The van der Waals surface area contributed by atoms with Gasteiger partial charge in [-0.1, -0.05) is 24.8 Å². The average Bonchev–Trinajstić information content (AvgIpc) is 2.43. The Bertz CT molecular complexity index is 570. The molecule has 0 unspecified atom stereocenters. The van der Waals surface area contributed by atoms with Crippen LogP contribution in [0.15, 0.2) is 42.2 Å². The standard InChI is InChI=1S/C17H24O4Si/c1-7-20-17(18)15(13(2)21-22(4,5)6)12-14-10-8-9-11-16(14)19-3/h8-12H,2,7H2,1,3-6H3/b15-12-. The molecule has 0 aromatic heterocycles. The van der Waals surface area contributed by atoms with Gasteiger partial charge in [0.05, 0.1) is 13.7 Å². The SMILES string of the molecule is C=C(O[Si](C)(C)C)/C(=C/c1ccccc1OC)C(=O)OCC. The van der Waals surface area contributed by atoms with Crippen LogP contribution in [0.4, 0.5) is 0 Å². The van der Waals surface area contributed by atoms with E-state index in [9.17, 15) is 4.79 Å². The largest absolute Gasteiger partial charge is 0.544 e. The quantitative estimate of drug-likeness (QED) is 0.250. The Labute approximate surface area is 133 Å². The maximum atomic E-state index is 12.2. The lowest BCUT2D eigenvalue weighted by molar-refractivity contribution is -0.138. The molecule has 1 aromatic carbocycles. The summed E-state index contributed by atoms with van der Waals surface area (Å²) in [5, 5.41) is 0. The normalized spacial score (nSPS) is 11.8. The van der Waals surface area contributed by atoms with E-state index in [0.29, 0.717) is 23.7 Å². The van der Waals surface area contributed by atoms with Crippen molar-refractivity contribution in [3.8, 4) is 5.75 Å². The van der Waals surface area contributed by atoms with Crippen LogP contribution in [0.5, 0.6) is 5.75 Å². The van der Waals surface area contributed by atoms with E-state index in [1.54, 1.807) is 20.1 Å². The third-order valence-corrected chi connectivity index (χ3v) is 3.52. The van der Waals surface area contributed by atoms with E-state index >= 15 is 0 Å². The van der Waals surface area contributed by atoms with Gasteiger partial charge in [0.25, 0.3) is 0 Å². The molecule has 0 bridgehead atoms. The van der Waals surface area contributed by atoms with Crippen molar-refractivity contribution < 1.29 is 18.7 Å². The third-order valence-electron chi connectivity index (χ3n) is 2.66. The van der Waals surface area contributed by atoms with Crippen LogP contribution >= 0.6 is 0 Å². The first-order valence-corrected chi connectivity index (χ1v) is 10.6. The van der Waals surface area contributed by atoms with Crippen LogP contribution in [0.3, 0.4) is 0 Å². The molecule has 22 heavy (non-hydrogen) atoms. The van der Waals surface area contributed by atoms with E-state index in [1.807, 2.05) is 43.9 Å². The van der Waals surface area contributed by atoms with Crippen LogP contribution in [-0.4, -0.2) is 28.0 Å². The van der Waals surface area contributed by atoms with Crippen molar-refractivity contribution in [1.29, 1.82) is 0 Å². The van der Waals surface area contributed by atoms with Gasteiger partial charge < -0.3 is 13.9 Å². The van der Waals surface area contributed by atoms with E-state index < -0.39 is 14.3 Å². The van der Waals surface area contributed by atoms with E-state index in [2.05, 4.69) is 6.58 Å². The van der Waals surface area contributed by atoms with Gasteiger partial charge in [-0.3, -0.25) is 0 Å². The summed E-state index contributed by atoms with van der Waals surface area (Å²) in [5.74, 6) is 0.560. The molecule has 0 spiro atoms. The summed E-state index contributed by atoms with van der Waals surface area (Å²) in [6, 6.07) is 7.43. The molecule has 1 aromatic rings. The number of hydrogen-bond donors (Lipinski definition) is 0. The number of benzene rings is 1. The lowest BCUT2D eigenvalue weighted by Crippen LogP contribution is -2.26. The Morgan fingerprint density at radius 3 is 2.45 bits per heavy atom. The Morgan fingerprint density at radius 1 is 1.27 bits per heavy atom. The van der Waals surface area contributed by atoms with Crippen LogP contribution in [0.1, 0.15) is 12.5 Å². The number of methoxy groups -OCH3 is 1. The molecule has 0 saturated carbocycles. The predicted octanol–water partition coefficient (Wildman–Crippen LogP) is 4.01. The minimum atomic E-state index is -1.87. The molecule has 0 aliphatic carbocycles. The molecule has 5 heteroatoms. The van der Waals surface area contributed by atoms with Gasteiger partial charge >= 0.3 is 5.97 Å². The topological polar surface area (TPSA) is 44.8 Å². The van der Waals surface area contributed by atoms with Crippen molar-refractivity contribution in [2.24, 2.45) is 0 Å². The number of esters is 1. The molecule has 4 nitrogen and oxygen atoms in total. The van der Waals surface area contributed by atoms with Gasteiger partial charge in [0, 0.05) is 5.56 Å². The second kappa shape index (κ2) is 7.84. The summed E-state index contributed by atoms with van der Waals surface area (Å²) in [4.78, 5) is 12.2. The van der Waals surface area contributed by atoms with Crippen molar-refractivity contribution in [1.82, 2.24) is 0 Å². The Morgan fingerprint density at radius 2 is 1.91 bits per heavy atom. The minimum absolute atomic E-state index is 0.294. The molecule has 0 radical (unpaired) electrons. The van der Waals surface area contributed by atoms with Crippen LogP contribution < -0.4 is 4.74 Å². The fourth-order valence-electron chi connectivity index (χ4n) is 1.83. The number of para-hydroxylation sites is 1. The highest BCUT2D eigenvalue weighted by Gasteiger charge is 2.23. The number of carbonyl (C=O) groups excluding carboxylic acids is 1. The predicted molar refractivity (Wildman–Crippen MR) is 91.2 cm³/mol. The zero-order valence-electron chi connectivity index (χ0n) is 13.9. The maximum Gasteiger partial charge on any atom is 0.341 e. The number of ether oxygens (including phenoxy) is 2. The lowest BCUT2D eigenvalue weighted by Gasteiger charge is -2.22. The van der Waals surface area contributed by atoms with Gasteiger partial charge in [0.1, 0.15) is 17.1 Å². The number of rotatable bonds is 7. The monoisotopic (exact) mass is 320 g/mol. The van der Waals surface area contributed by atoms with Crippen molar-refractivity contribution in [3.05, 3.63) is 47.7 Å². The second-order valence-electron chi connectivity index (χ2n) is 5.66. The second-order valence-corrected chi connectivity index (χ2v) is 10.1. The molecular formula is C17H24O4Si. The zero-order valence-corrected chi connectivity index (χ0v) is 14.9. The molecule has 1 rings (SSSR count). The van der Waals surface area contributed by atoms with E-state index in [-0.39, 0.29) is 0 Å². The summed E-state index contributed by atoms with van der Waals surface area (Å²) in [6.45, 7) is 12.1. The van der Waals surface area contributed by atoms with E-state index in [4.69, 9.17) is 13.9 Å². The molecule has 0 aliphatic heterocycles. The first kappa shape index (κ1) is 18.0. The fourth-order valence-corrected chi connectivity index (χ4v) is 2.68. The summed E-state index contributed by atoms with van der Waals surface area (Å²) in [5.41, 5.74) is 1.09. The van der Waals surface area contributed by atoms with Crippen molar-refractivity contribution in [3.63, 3.8) is 0 Å². The van der Waals surface area contributed by atoms with Crippen LogP contribution in [0.25, 0.3) is 6.08 Å². The van der Waals surface area contributed by atoms with Crippen molar-refractivity contribution in [2.75, 3.05) is 13.7 Å². The zero-order chi connectivity index (χ0) is 16.8. The molecule has 0 aliphatic rings. The minimum Gasteiger partial charge on any atom is -0.544 e. The van der Waals surface area contributed by atoms with Crippen LogP contribution in [0.2, 0.25) is 19.6 Å². The summed E-state index contributed by atoms with van der Waals surface area (Å²) < 4.78 is 16.3. The molecular weight excluding hydrogens is 296 g/mol. The molecule has 0 N–H and O–H groups in total. The van der Waals surface area contributed by atoms with E-state index in [0.717, 1.165) is 5.56 Å². The summed E-state index contributed by atoms with van der Waals surface area (Å²) in [7, 11) is -0.283. The van der Waals surface area contributed by atoms with Gasteiger partial charge in [-0.2, -0.15) is 0 Å². The van der Waals surface area contributed by atoms with Gasteiger partial charge in [-0.25, -0.2) is 4.79 Å². The van der Waals surface area contributed by atoms with Crippen molar-refractivity contribution in [2.45, 2.75) is 26.6 Å². The number of hydrogen-bond acceptors (Lipinski definition) is 4. The third kappa shape index (κ3) is 5.41. The molecule has 0 saturated heterocycles. The molecule has 0 atom stereocenters. The first-order chi connectivity index (χ1) is 10.3. The average molecular weight is 320 g/mol. The summed E-state index contributed by atoms with van der Waals surface area (Å²) in [6.07, 6.45) is 1.69. The van der Waals surface area contributed by atoms with Crippen molar-refractivity contribution >= 4 is 20.4 Å². The van der Waals surface area contributed by atoms with Gasteiger partial charge in [-0.15, -0.1) is 0 Å². The summed E-state index contributed by atoms with van der Waals surface area (Å²) >= 11 is 0. The van der Waals surface area contributed by atoms with Crippen LogP contribution in [-0.2, 0) is 14.0 Å². The van der Waals surface area contributed by atoms with E-state index in [1.165, 1.54) is 0 Å². The maximum absolute atomic E-state index is 12.2. The smallest absolute Gasteiger partial charge is 0.341 e. The van der Waals surface area contributed by atoms with Gasteiger partial charge in [0.15, 0.2) is 0 Å². The number of carbonyl (C=O) groups is 1. The highest BCUT2D eigenvalue weighted by molar-refractivity contribution is 6.70. The Hall–Kier alpha value is -2.01. The first-order valence-electron chi connectivity index (χ1n) is 7.18. The molecule has 0 fully saturated rings. The highest BCUT2D eigenvalue weighted by Crippen LogP contribution is 2.25. The molecule has 120 valence electrons.